The van der Waals surface area contributed by atoms with Crippen molar-refractivity contribution >= 4 is 35.0 Å². The van der Waals surface area contributed by atoms with Crippen molar-refractivity contribution in [3.05, 3.63) is 89.4 Å². The Kier molecular flexibility index (Phi) is 6.86. The lowest BCUT2D eigenvalue weighted by Gasteiger charge is -2.23. The van der Waals surface area contributed by atoms with Gasteiger partial charge in [0.2, 0.25) is 5.91 Å². The van der Waals surface area contributed by atoms with Gasteiger partial charge in [0.15, 0.2) is 11.0 Å². The molecule has 0 unspecified atom stereocenters. The first-order valence-corrected chi connectivity index (χ1v) is 12.0. The van der Waals surface area contributed by atoms with Crippen LogP contribution in [0.2, 0.25) is 5.02 Å². The Labute approximate surface area is 203 Å². The predicted octanol–water partition coefficient (Wildman–Crippen LogP) is 6.62. The van der Waals surface area contributed by atoms with E-state index in [1.165, 1.54) is 11.8 Å². The lowest BCUT2D eigenvalue weighted by molar-refractivity contribution is -0.113. The molecule has 1 heterocycles. The molecule has 0 aliphatic heterocycles. The molecule has 0 radical (unpaired) electrons. The number of nitrogens with zero attached hydrogens (tertiary/aromatic N) is 3. The molecule has 0 bridgehead atoms. The molecule has 0 aliphatic carbocycles. The van der Waals surface area contributed by atoms with Gasteiger partial charge in [-0.1, -0.05) is 92.7 Å². The van der Waals surface area contributed by atoms with Crippen LogP contribution in [0.25, 0.3) is 17.1 Å². The average Bonchev–Trinajstić information content (AvgIpc) is 3.22. The van der Waals surface area contributed by atoms with E-state index >= 15 is 0 Å². The molecule has 1 amide bonds. The van der Waals surface area contributed by atoms with Crippen molar-refractivity contribution in [2.75, 3.05) is 11.1 Å². The van der Waals surface area contributed by atoms with Crippen molar-refractivity contribution in [2.45, 2.75) is 31.3 Å². The second kappa shape index (κ2) is 9.81. The molecule has 1 aromatic heterocycles. The highest BCUT2D eigenvalue weighted by Gasteiger charge is 2.20. The highest BCUT2D eigenvalue weighted by Crippen LogP contribution is 2.31. The number of halogens is 1. The van der Waals surface area contributed by atoms with Crippen LogP contribution in [0.15, 0.2) is 84.0 Å². The van der Waals surface area contributed by atoms with Crippen molar-refractivity contribution in [3.8, 4) is 17.1 Å². The highest BCUT2D eigenvalue weighted by molar-refractivity contribution is 7.99. The second-order valence-electron chi connectivity index (χ2n) is 8.62. The van der Waals surface area contributed by atoms with Gasteiger partial charge in [-0.05, 0) is 41.3 Å². The van der Waals surface area contributed by atoms with Gasteiger partial charge in [-0.2, -0.15) is 0 Å². The number of benzene rings is 3. The van der Waals surface area contributed by atoms with E-state index in [-0.39, 0.29) is 17.1 Å². The fraction of sp³-hybridized carbons (Fsp3) is 0.192. The van der Waals surface area contributed by atoms with Crippen LogP contribution < -0.4 is 5.32 Å². The first-order valence-electron chi connectivity index (χ1n) is 10.6. The Hall–Kier alpha value is -3.09. The topological polar surface area (TPSA) is 59.8 Å². The zero-order valence-electron chi connectivity index (χ0n) is 18.7. The zero-order valence-corrected chi connectivity index (χ0v) is 20.3. The van der Waals surface area contributed by atoms with Crippen molar-refractivity contribution in [2.24, 2.45) is 0 Å². The lowest BCUT2D eigenvalue weighted by Crippen LogP contribution is -2.20. The fourth-order valence-electron chi connectivity index (χ4n) is 3.52. The van der Waals surface area contributed by atoms with Crippen LogP contribution in [0.5, 0.6) is 0 Å². The van der Waals surface area contributed by atoms with E-state index in [0.29, 0.717) is 16.0 Å². The van der Waals surface area contributed by atoms with Gasteiger partial charge in [-0.3, -0.25) is 9.36 Å². The maximum Gasteiger partial charge on any atom is 0.234 e. The van der Waals surface area contributed by atoms with Crippen molar-refractivity contribution in [1.82, 2.24) is 14.8 Å². The van der Waals surface area contributed by atoms with Gasteiger partial charge in [0, 0.05) is 22.0 Å². The molecule has 5 nitrogen and oxygen atoms in total. The number of carbonyl (C=O) groups excluding carboxylic acids is 1. The van der Waals surface area contributed by atoms with Crippen LogP contribution in [0.3, 0.4) is 0 Å². The Bertz CT molecular complexity index is 1250. The summed E-state index contributed by atoms with van der Waals surface area (Å²) in [6.07, 6.45) is 0. The minimum atomic E-state index is -0.0939. The minimum absolute atomic E-state index is 0.0731. The molecule has 1 N–H and O–H groups in total. The molecule has 7 heteroatoms. The third-order valence-corrected chi connectivity index (χ3v) is 6.27. The molecule has 0 fully saturated rings. The number of para-hydroxylation sites is 1. The minimum Gasteiger partial charge on any atom is -0.325 e. The summed E-state index contributed by atoms with van der Waals surface area (Å²) >= 11 is 7.44. The Morgan fingerprint density at radius 1 is 0.939 bits per heavy atom. The van der Waals surface area contributed by atoms with Crippen molar-refractivity contribution in [3.63, 3.8) is 0 Å². The molecule has 0 spiro atoms. The van der Waals surface area contributed by atoms with Crippen LogP contribution in [0, 0.1) is 0 Å². The molecule has 168 valence electrons. The van der Waals surface area contributed by atoms with Gasteiger partial charge in [0.25, 0.3) is 0 Å². The molecular formula is C26H25ClN4OS. The van der Waals surface area contributed by atoms with E-state index in [1.54, 1.807) is 0 Å². The van der Waals surface area contributed by atoms with E-state index < -0.39 is 0 Å². The quantitative estimate of drug-likeness (QED) is 0.318. The Balaban J connectivity index is 1.58. The number of rotatable bonds is 6. The molecule has 4 rings (SSSR count). The van der Waals surface area contributed by atoms with Crippen LogP contribution in [-0.2, 0) is 10.2 Å². The number of amides is 1. The normalized spacial score (nSPS) is 11.4. The lowest BCUT2D eigenvalue weighted by atomic mass is 9.86. The van der Waals surface area contributed by atoms with Gasteiger partial charge < -0.3 is 5.32 Å². The highest BCUT2D eigenvalue weighted by atomic mass is 35.5. The third kappa shape index (κ3) is 5.46. The standard InChI is InChI=1S/C26H25ClN4OS/c1-26(2,3)21-11-7-8-12-22(21)28-23(32)17-33-25-30-29-24(18-9-5-4-6-10-18)31(25)20-15-13-19(27)14-16-20/h4-16H,17H2,1-3H3,(H,28,32). The molecule has 0 saturated carbocycles. The van der Waals surface area contributed by atoms with Crippen LogP contribution in [0.1, 0.15) is 26.3 Å². The largest absolute Gasteiger partial charge is 0.325 e. The summed E-state index contributed by atoms with van der Waals surface area (Å²) in [5.41, 5.74) is 3.68. The number of hydrogen-bond donors (Lipinski definition) is 1. The first kappa shape index (κ1) is 23.1. The summed E-state index contributed by atoms with van der Waals surface area (Å²) in [6.45, 7) is 6.39. The van der Waals surface area contributed by atoms with E-state index in [9.17, 15) is 4.79 Å². The maximum absolute atomic E-state index is 12.8. The summed E-state index contributed by atoms with van der Waals surface area (Å²) in [5, 5.41) is 13.2. The van der Waals surface area contributed by atoms with Crippen molar-refractivity contribution < 1.29 is 4.79 Å². The molecule has 4 aromatic rings. The number of anilines is 1. The number of hydrogen-bond acceptors (Lipinski definition) is 4. The smallest absolute Gasteiger partial charge is 0.234 e. The number of nitrogens with one attached hydrogen (secondary N) is 1. The van der Waals surface area contributed by atoms with Gasteiger partial charge in [-0.25, -0.2) is 0 Å². The van der Waals surface area contributed by atoms with Gasteiger partial charge in [-0.15, -0.1) is 10.2 Å². The zero-order chi connectivity index (χ0) is 23.4. The van der Waals surface area contributed by atoms with Crippen LogP contribution in [-0.4, -0.2) is 26.4 Å². The van der Waals surface area contributed by atoms with Gasteiger partial charge >= 0.3 is 0 Å². The Morgan fingerprint density at radius 3 is 2.30 bits per heavy atom. The number of aromatic nitrogens is 3. The van der Waals surface area contributed by atoms with E-state index in [1.807, 2.05) is 83.4 Å². The second-order valence-corrected chi connectivity index (χ2v) is 10.00. The molecule has 3 aromatic carbocycles. The fourth-order valence-corrected chi connectivity index (χ4v) is 4.40. The van der Waals surface area contributed by atoms with Crippen LogP contribution in [0.4, 0.5) is 5.69 Å². The number of carbonyl (C=O) groups is 1. The summed E-state index contributed by atoms with van der Waals surface area (Å²) < 4.78 is 1.95. The van der Waals surface area contributed by atoms with Crippen LogP contribution >= 0.6 is 23.4 Å². The molecular weight excluding hydrogens is 452 g/mol. The molecule has 0 aliphatic rings. The van der Waals surface area contributed by atoms with Crippen molar-refractivity contribution in [1.29, 1.82) is 0 Å². The van der Waals surface area contributed by atoms with Gasteiger partial charge in [0.1, 0.15) is 0 Å². The predicted molar refractivity (Wildman–Crippen MR) is 136 cm³/mol. The average molecular weight is 477 g/mol. The summed E-state index contributed by atoms with van der Waals surface area (Å²) in [6, 6.07) is 25.3. The Morgan fingerprint density at radius 2 is 1.61 bits per heavy atom. The third-order valence-electron chi connectivity index (χ3n) is 5.09. The summed E-state index contributed by atoms with van der Waals surface area (Å²) in [4.78, 5) is 12.8. The molecule has 0 atom stereocenters. The number of thioether (sulfide) groups is 1. The monoisotopic (exact) mass is 476 g/mol. The summed E-state index contributed by atoms with van der Waals surface area (Å²) in [7, 11) is 0. The van der Waals surface area contributed by atoms with E-state index in [4.69, 9.17) is 11.6 Å². The molecule has 33 heavy (non-hydrogen) atoms. The van der Waals surface area contributed by atoms with E-state index in [2.05, 4.69) is 36.3 Å². The van der Waals surface area contributed by atoms with E-state index in [0.717, 1.165) is 22.5 Å². The van der Waals surface area contributed by atoms with Gasteiger partial charge in [0.05, 0.1) is 5.75 Å². The first-order chi connectivity index (χ1) is 15.8. The summed E-state index contributed by atoms with van der Waals surface area (Å²) in [5.74, 6) is 0.821. The molecule has 0 saturated heterocycles. The SMILES string of the molecule is CC(C)(C)c1ccccc1NC(=O)CSc1nnc(-c2ccccc2)n1-c1ccc(Cl)cc1. The maximum atomic E-state index is 12.8.